The molecule has 7 heteroatoms. The first kappa shape index (κ1) is 16.7. The third kappa shape index (κ3) is 4.03. The molecule has 1 fully saturated rings. The number of nitrogens with one attached hydrogen (secondary N) is 1. The molecule has 1 aliphatic carbocycles. The van der Waals surface area contributed by atoms with Crippen molar-refractivity contribution in [3.63, 3.8) is 0 Å². The van der Waals surface area contributed by atoms with E-state index in [-0.39, 0.29) is 11.7 Å². The average molecular weight is 339 g/mol. The van der Waals surface area contributed by atoms with Crippen LogP contribution in [-0.2, 0) is 9.53 Å². The monoisotopic (exact) mass is 339 g/mol. The number of hydrogen-bond donors (Lipinski definition) is 1. The topological polar surface area (TPSA) is 56.8 Å². The van der Waals surface area contributed by atoms with Crippen LogP contribution in [0.2, 0.25) is 0 Å². The third-order valence-corrected chi connectivity index (χ3v) is 4.04. The van der Waals surface area contributed by atoms with Crippen molar-refractivity contribution in [2.45, 2.75) is 25.5 Å². The van der Waals surface area contributed by atoms with Crippen molar-refractivity contribution in [2.75, 3.05) is 20.3 Å². The Bertz CT molecular complexity index is 643. The molecule has 0 bridgehead atoms. The Labute approximate surface area is 138 Å². The summed E-state index contributed by atoms with van der Waals surface area (Å²) in [6.07, 6.45) is 3.96. The number of methoxy groups -OCH3 is 1. The van der Waals surface area contributed by atoms with Crippen molar-refractivity contribution < 1.29 is 27.8 Å². The van der Waals surface area contributed by atoms with E-state index in [9.17, 15) is 13.6 Å². The van der Waals surface area contributed by atoms with Crippen LogP contribution in [0.5, 0.6) is 11.5 Å². The standard InChI is InChI=1S/C17H19F2NO4/c1-22-16(21)13-6-12(8-20-13)11-4-5-14(24-17(18)19)15(7-11)23-9-10-2-3-10/h4-7,10,13,17,20H,2-3,8-9H2,1H3/t13-/m0/s1. The van der Waals surface area contributed by atoms with Gasteiger partial charge in [-0.1, -0.05) is 12.1 Å². The minimum absolute atomic E-state index is 0.0190. The maximum absolute atomic E-state index is 12.5. The second-order valence-electron chi connectivity index (χ2n) is 5.87. The Balaban J connectivity index is 1.80. The summed E-state index contributed by atoms with van der Waals surface area (Å²) in [4.78, 5) is 11.6. The normalized spacial score (nSPS) is 20.0. The minimum atomic E-state index is -2.91. The largest absolute Gasteiger partial charge is 0.489 e. The molecule has 2 aliphatic rings. The summed E-state index contributed by atoms with van der Waals surface area (Å²) >= 11 is 0. The van der Waals surface area contributed by atoms with Crippen LogP contribution in [0.4, 0.5) is 8.78 Å². The van der Waals surface area contributed by atoms with E-state index in [1.54, 1.807) is 18.2 Å². The average Bonchev–Trinajstić information content (AvgIpc) is 3.27. The maximum Gasteiger partial charge on any atom is 0.387 e. The lowest BCUT2D eigenvalue weighted by atomic mass is 10.1. The molecule has 0 saturated heterocycles. The number of hydrogen-bond acceptors (Lipinski definition) is 5. The lowest BCUT2D eigenvalue weighted by Gasteiger charge is -2.14. The van der Waals surface area contributed by atoms with Gasteiger partial charge in [0.05, 0.1) is 13.7 Å². The minimum Gasteiger partial charge on any atom is -0.489 e. The number of carbonyl (C=O) groups excluding carboxylic acids is 1. The molecule has 0 radical (unpaired) electrons. The summed E-state index contributed by atoms with van der Waals surface area (Å²) in [5, 5.41) is 3.02. The van der Waals surface area contributed by atoms with Crippen molar-refractivity contribution >= 4 is 11.5 Å². The number of benzene rings is 1. The quantitative estimate of drug-likeness (QED) is 0.774. The van der Waals surface area contributed by atoms with E-state index < -0.39 is 12.7 Å². The lowest BCUT2D eigenvalue weighted by molar-refractivity contribution is -0.141. The van der Waals surface area contributed by atoms with E-state index in [1.165, 1.54) is 13.2 Å². The molecule has 3 rings (SSSR count). The van der Waals surface area contributed by atoms with Crippen LogP contribution in [0.3, 0.4) is 0 Å². The highest BCUT2D eigenvalue weighted by Gasteiger charge is 2.25. The highest BCUT2D eigenvalue weighted by atomic mass is 19.3. The fourth-order valence-electron chi connectivity index (χ4n) is 2.52. The van der Waals surface area contributed by atoms with Crippen molar-refractivity contribution in [1.82, 2.24) is 5.32 Å². The molecule has 0 spiro atoms. The number of halogens is 2. The van der Waals surface area contributed by atoms with Crippen LogP contribution in [0.25, 0.3) is 5.57 Å². The molecular weight excluding hydrogens is 320 g/mol. The van der Waals surface area contributed by atoms with Crippen LogP contribution < -0.4 is 14.8 Å². The van der Waals surface area contributed by atoms with Crippen molar-refractivity contribution in [2.24, 2.45) is 5.92 Å². The molecule has 130 valence electrons. The van der Waals surface area contributed by atoms with Gasteiger partial charge in [-0.25, -0.2) is 0 Å². The maximum atomic E-state index is 12.5. The van der Waals surface area contributed by atoms with Crippen molar-refractivity contribution in [3.05, 3.63) is 29.8 Å². The molecular formula is C17H19F2NO4. The van der Waals surface area contributed by atoms with E-state index >= 15 is 0 Å². The fraction of sp³-hybridized carbons (Fsp3) is 0.471. The molecule has 1 heterocycles. The van der Waals surface area contributed by atoms with Gasteiger partial charge in [0.2, 0.25) is 0 Å². The van der Waals surface area contributed by atoms with Crippen LogP contribution in [0.15, 0.2) is 24.3 Å². The smallest absolute Gasteiger partial charge is 0.387 e. The van der Waals surface area contributed by atoms with E-state index in [4.69, 9.17) is 9.47 Å². The second-order valence-corrected chi connectivity index (χ2v) is 5.87. The summed E-state index contributed by atoms with van der Waals surface area (Å²) in [6.45, 7) is -1.93. The molecule has 24 heavy (non-hydrogen) atoms. The highest BCUT2D eigenvalue weighted by molar-refractivity contribution is 5.84. The second kappa shape index (κ2) is 7.17. The fourth-order valence-corrected chi connectivity index (χ4v) is 2.52. The highest BCUT2D eigenvalue weighted by Crippen LogP contribution is 2.35. The zero-order chi connectivity index (χ0) is 17.1. The Kier molecular flexibility index (Phi) is 4.99. The molecule has 1 aliphatic heterocycles. The van der Waals surface area contributed by atoms with Gasteiger partial charge in [0, 0.05) is 6.54 Å². The summed E-state index contributed by atoms with van der Waals surface area (Å²) in [5.74, 6) is 0.435. The van der Waals surface area contributed by atoms with Gasteiger partial charge in [-0.3, -0.25) is 10.1 Å². The first-order chi connectivity index (χ1) is 11.6. The predicted molar refractivity (Wildman–Crippen MR) is 83.1 cm³/mol. The molecule has 0 unspecified atom stereocenters. The van der Waals surface area contributed by atoms with Gasteiger partial charge in [-0.2, -0.15) is 8.78 Å². The Morgan fingerprint density at radius 2 is 2.12 bits per heavy atom. The zero-order valence-corrected chi connectivity index (χ0v) is 13.3. The number of rotatable bonds is 7. The molecule has 0 amide bonds. The van der Waals surface area contributed by atoms with Crippen LogP contribution in [0.1, 0.15) is 18.4 Å². The first-order valence-corrected chi connectivity index (χ1v) is 7.80. The summed E-state index contributed by atoms with van der Waals surface area (Å²) < 4.78 is 40.0. The number of esters is 1. The number of carbonyl (C=O) groups is 1. The van der Waals surface area contributed by atoms with E-state index in [1.807, 2.05) is 0 Å². The molecule has 1 aromatic rings. The van der Waals surface area contributed by atoms with Gasteiger partial charge in [-0.05, 0) is 42.0 Å². The van der Waals surface area contributed by atoms with Crippen molar-refractivity contribution in [1.29, 1.82) is 0 Å². The van der Waals surface area contributed by atoms with Gasteiger partial charge >= 0.3 is 12.6 Å². The Morgan fingerprint density at radius 1 is 1.33 bits per heavy atom. The van der Waals surface area contributed by atoms with E-state index in [0.717, 1.165) is 24.0 Å². The summed E-state index contributed by atoms with van der Waals surface area (Å²) in [6, 6.07) is 4.32. The molecule has 1 atom stereocenters. The van der Waals surface area contributed by atoms with Gasteiger partial charge in [-0.15, -0.1) is 0 Å². The SMILES string of the molecule is COC(=O)[C@@H]1C=C(c2ccc(OC(F)F)c(OCC3CC3)c2)CN1. The Morgan fingerprint density at radius 3 is 2.79 bits per heavy atom. The first-order valence-electron chi connectivity index (χ1n) is 7.80. The molecule has 1 saturated carbocycles. The van der Waals surface area contributed by atoms with Crippen molar-refractivity contribution in [3.8, 4) is 11.5 Å². The van der Waals surface area contributed by atoms with Gasteiger partial charge < -0.3 is 14.2 Å². The molecule has 1 N–H and O–H groups in total. The van der Waals surface area contributed by atoms with Crippen LogP contribution in [0, 0.1) is 5.92 Å². The van der Waals surface area contributed by atoms with E-state index in [2.05, 4.69) is 10.1 Å². The lowest BCUT2D eigenvalue weighted by Crippen LogP contribution is -2.31. The van der Waals surface area contributed by atoms with Gasteiger partial charge in [0.25, 0.3) is 0 Å². The predicted octanol–water partition coefficient (Wildman–Crippen LogP) is 2.61. The van der Waals surface area contributed by atoms with E-state index in [0.29, 0.717) is 24.8 Å². The van der Waals surface area contributed by atoms with Gasteiger partial charge in [0.1, 0.15) is 6.04 Å². The molecule has 0 aromatic heterocycles. The molecule has 5 nitrogen and oxygen atoms in total. The number of ether oxygens (including phenoxy) is 3. The summed E-state index contributed by atoms with van der Waals surface area (Å²) in [7, 11) is 1.33. The number of alkyl halides is 2. The van der Waals surface area contributed by atoms with Crippen LogP contribution in [-0.4, -0.2) is 38.9 Å². The summed E-state index contributed by atoms with van der Waals surface area (Å²) in [5.41, 5.74) is 1.67. The molecule has 1 aromatic carbocycles. The third-order valence-electron chi connectivity index (χ3n) is 4.04. The Hall–Kier alpha value is -2.15. The zero-order valence-electron chi connectivity index (χ0n) is 13.3. The van der Waals surface area contributed by atoms with Crippen LogP contribution >= 0.6 is 0 Å². The van der Waals surface area contributed by atoms with Gasteiger partial charge in [0.15, 0.2) is 11.5 Å².